The molecule has 0 saturated heterocycles. The van der Waals surface area contributed by atoms with Crippen molar-refractivity contribution in [1.29, 1.82) is 0 Å². The number of pyridine rings is 1. The third-order valence-corrected chi connectivity index (χ3v) is 6.99. The van der Waals surface area contributed by atoms with Crippen molar-refractivity contribution in [2.45, 2.75) is 32.2 Å². The number of anilines is 2. The van der Waals surface area contributed by atoms with E-state index in [1.54, 1.807) is 18.2 Å². The number of nitrogens with one attached hydrogen (secondary N) is 1. The molecule has 8 heteroatoms. The highest BCUT2D eigenvalue weighted by molar-refractivity contribution is 6.42. The van der Waals surface area contributed by atoms with E-state index < -0.39 is 0 Å². The summed E-state index contributed by atoms with van der Waals surface area (Å²) in [4.78, 5) is 14.3. The van der Waals surface area contributed by atoms with Gasteiger partial charge in [0.25, 0.3) is 0 Å². The maximum atomic E-state index is 14.2. The molecule has 0 bridgehead atoms. The van der Waals surface area contributed by atoms with Gasteiger partial charge in [-0.2, -0.15) is 0 Å². The highest BCUT2D eigenvalue weighted by Gasteiger charge is 2.22. The Morgan fingerprint density at radius 2 is 1.89 bits per heavy atom. The molecule has 1 fully saturated rings. The van der Waals surface area contributed by atoms with E-state index in [1.165, 1.54) is 12.1 Å². The van der Waals surface area contributed by atoms with Crippen LogP contribution in [0.1, 0.15) is 25.5 Å². The number of rotatable bonds is 5. The number of nitrogens with zero attached hydrogens (tertiary/aromatic N) is 4. The third kappa shape index (κ3) is 4.43. The van der Waals surface area contributed by atoms with Gasteiger partial charge in [0.15, 0.2) is 0 Å². The Morgan fingerprint density at radius 3 is 2.61 bits per heavy atom. The van der Waals surface area contributed by atoms with Crippen molar-refractivity contribution in [3.05, 3.63) is 93.8 Å². The minimum atomic E-state index is -0.351. The van der Waals surface area contributed by atoms with Gasteiger partial charge < -0.3 is 9.88 Å². The van der Waals surface area contributed by atoms with Crippen LogP contribution < -0.4 is 10.7 Å². The van der Waals surface area contributed by atoms with Crippen LogP contribution in [-0.4, -0.2) is 20.6 Å². The van der Waals surface area contributed by atoms with E-state index in [1.807, 2.05) is 41.1 Å². The second-order valence-corrected chi connectivity index (χ2v) is 9.73. The van der Waals surface area contributed by atoms with Crippen LogP contribution in [0.25, 0.3) is 28.1 Å². The second-order valence-electron chi connectivity index (χ2n) is 8.91. The molecule has 180 valence electrons. The van der Waals surface area contributed by atoms with Crippen molar-refractivity contribution >= 4 is 45.6 Å². The quantitative estimate of drug-likeness (QED) is 0.248. The van der Waals surface area contributed by atoms with Crippen LogP contribution in [0.2, 0.25) is 10.0 Å². The summed E-state index contributed by atoms with van der Waals surface area (Å²) in [6.45, 7) is 2.08. The standard InChI is InChI=1S/C28H22Cl2FN5/c1-2-17-4-7-19(15-32-17)34-23-13-26-28(14-24(23)33-18-5-6-18)36(20-8-9-21(29)22(30)12-20)27-10-3-16(31)11-25(27)35-26/h3-4,7-15,18,34H,2,5-6H2,1H3. The van der Waals surface area contributed by atoms with Crippen molar-refractivity contribution in [3.8, 4) is 17.1 Å². The Hall–Kier alpha value is -3.48. The second kappa shape index (κ2) is 9.19. The summed E-state index contributed by atoms with van der Waals surface area (Å²) in [7, 11) is 0. The lowest BCUT2D eigenvalue weighted by molar-refractivity contribution is 0.629. The Morgan fingerprint density at radius 1 is 1.03 bits per heavy atom. The SMILES string of the molecule is CCc1ccc(Nc2cc3nc4cc(F)ccc4n(-c4ccc(Cl)c(Cl)c4)c-3cc2=NC2CC2)cn1. The topological polar surface area (TPSA) is 55.1 Å². The Balaban J connectivity index is 1.61. The maximum absolute atomic E-state index is 14.2. The molecule has 3 aromatic rings. The molecule has 0 unspecified atom stereocenters. The first-order valence-corrected chi connectivity index (χ1v) is 12.6. The number of hydrogen-bond donors (Lipinski definition) is 1. The van der Waals surface area contributed by atoms with Crippen molar-refractivity contribution in [3.63, 3.8) is 0 Å². The fraction of sp³-hybridized carbons (Fsp3) is 0.179. The molecular formula is C28H22Cl2FN5. The number of halogens is 3. The van der Waals surface area contributed by atoms with Crippen molar-refractivity contribution in [1.82, 2.24) is 14.5 Å². The Kier molecular flexibility index (Phi) is 5.86. The molecular weight excluding hydrogens is 496 g/mol. The molecule has 2 aliphatic carbocycles. The highest BCUT2D eigenvalue weighted by atomic mass is 35.5. The smallest absolute Gasteiger partial charge is 0.125 e. The number of fused-ring (bicyclic) bond motifs is 2. The van der Waals surface area contributed by atoms with E-state index >= 15 is 0 Å². The van der Waals surface area contributed by atoms with Crippen molar-refractivity contribution in [2.75, 3.05) is 5.32 Å². The molecule has 2 heterocycles. The summed E-state index contributed by atoms with van der Waals surface area (Å²) >= 11 is 12.6. The molecule has 0 spiro atoms. The van der Waals surface area contributed by atoms with E-state index in [4.69, 9.17) is 33.2 Å². The zero-order chi connectivity index (χ0) is 24.8. The van der Waals surface area contributed by atoms with Gasteiger partial charge >= 0.3 is 0 Å². The minimum Gasteiger partial charge on any atom is -0.352 e. The summed E-state index contributed by atoms with van der Waals surface area (Å²) < 4.78 is 16.2. The van der Waals surface area contributed by atoms with Gasteiger partial charge in [0.05, 0.1) is 61.4 Å². The van der Waals surface area contributed by atoms with Gasteiger partial charge in [-0.25, -0.2) is 9.37 Å². The van der Waals surface area contributed by atoms with E-state index in [-0.39, 0.29) is 5.82 Å². The van der Waals surface area contributed by atoms with Crippen molar-refractivity contribution < 1.29 is 4.39 Å². The molecule has 0 amide bonds. The van der Waals surface area contributed by atoms with Gasteiger partial charge in [-0.15, -0.1) is 0 Å². The van der Waals surface area contributed by atoms with E-state index in [2.05, 4.69) is 17.2 Å². The fourth-order valence-corrected chi connectivity index (χ4v) is 4.53. The monoisotopic (exact) mass is 517 g/mol. The van der Waals surface area contributed by atoms with Gasteiger partial charge in [-0.05, 0) is 73.9 Å². The largest absolute Gasteiger partial charge is 0.352 e. The van der Waals surface area contributed by atoms with E-state index in [9.17, 15) is 4.39 Å². The molecule has 1 aromatic heterocycles. The van der Waals surface area contributed by atoms with Gasteiger partial charge in [0.1, 0.15) is 5.82 Å². The van der Waals surface area contributed by atoms with Crippen LogP contribution in [0.15, 0.2) is 71.9 Å². The molecule has 1 N–H and O–H groups in total. The molecule has 1 aliphatic heterocycles. The summed E-state index contributed by atoms with van der Waals surface area (Å²) in [5.41, 5.74) is 6.31. The Bertz CT molecular complexity index is 1640. The van der Waals surface area contributed by atoms with Gasteiger partial charge in [0, 0.05) is 17.4 Å². The van der Waals surface area contributed by atoms with Crippen molar-refractivity contribution in [2.24, 2.45) is 4.99 Å². The van der Waals surface area contributed by atoms with Gasteiger partial charge in [-0.3, -0.25) is 9.98 Å². The van der Waals surface area contributed by atoms with Gasteiger partial charge in [0.2, 0.25) is 0 Å². The number of aryl methyl sites for hydroxylation is 1. The summed E-state index contributed by atoms with van der Waals surface area (Å²) in [5, 5.41) is 5.20. The molecule has 0 radical (unpaired) electrons. The van der Waals surface area contributed by atoms with Crippen LogP contribution in [0.4, 0.5) is 15.8 Å². The minimum absolute atomic E-state index is 0.310. The zero-order valence-corrected chi connectivity index (χ0v) is 21.0. The molecule has 5 nitrogen and oxygen atoms in total. The molecule has 36 heavy (non-hydrogen) atoms. The summed E-state index contributed by atoms with van der Waals surface area (Å²) in [6.07, 6.45) is 4.85. The average molecular weight is 518 g/mol. The lowest BCUT2D eigenvalue weighted by atomic mass is 10.1. The normalized spacial score (nSPS) is 14.1. The van der Waals surface area contributed by atoms with E-state index in [0.717, 1.165) is 58.6 Å². The molecule has 2 aromatic carbocycles. The molecule has 1 saturated carbocycles. The van der Waals surface area contributed by atoms with Gasteiger partial charge in [-0.1, -0.05) is 30.1 Å². The Labute approximate surface area is 217 Å². The number of aromatic nitrogens is 3. The average Bonchev–Trinajstić information content (AvgIpc) is 3.69. The fourth-order valence-electron chi connectivity index (χ4n) is 4.24. The lowest BCUT2D eigenvalue weighted by Crippen LogP contribution is -2.15. The molecule has 6 rings (SSSR count). The maximum Gasteiger partial charge on any atom is 0.125 e. The third-order valence-electron chi connectivity index (χ3n) is 6.25. The highest BCUT2D eigenvalue weighted by Crippen LogP contribution is 2.33. The first-order valence-electron chi connectivity index (χ1n) is 11.9. The molecule has 0 atom stereocenters. The molecule has 3 aliphatic rings. The van der Waals surface area contributed by atoms with Crippen LogP contribution in [-0.2, 0) is 6.42 Å². The predicted molar refractivity (Wildman–Crippen MR) is 143 cm³/mol. The zero-order valence-electron chi connectivity index (χ0n) is 19.5. The predicted octanol–water partition coefficient (Wildman–Crippen LogP) is 7.34. The first-order chi connectivity index (χ1) is 17.5. The van der Waals surface area contributed by atoms with E-state index in [0.29, 0.717) is 27.3 Å². The van der Waals surface area contributed by atoms with Crippen LogP contribution >= 0.6 is 23.2 Å². The number of benzene rings is 3. The van der Waals surface area contributed by atoms with Crippen LogP contribution in [0, 0.1) is 5.82 Å². The van der Waals surface area contributed by atoms with Crippen LogP contribution in [0.3, 0.4) is 0 Å². The first kappa shape index (κ1) is 23.0. The lowest BCUT2D eigenvalue weighted by Gasteiger charge is -2.20. The number of hydrogen-bond acceptors (Lipinski definition) is 4. The summed E-state index contributed by atoms with van der Waals surface area (Å²) in [5.74, 6) is -0.351. The van der Waals surface area contributed by atoms with Crippen LogP contribution in [0.5, 0.6) is 0 Å². The summed E-state index contributed by atoms with van der Waals surface area (Å²) in [6, 6.07) is 18.4.